The maximum Gasteiger partial charge on any atom is 0.287 e. The molecule has 2 atom stereocenters. The van der Waals surface area contributed by atoms with E-state index in [1.807, 2.05) is 13.8 Å². The van der Waals surface area contributed by atoms with Crippen LogP contribution in [-0.4, -0.2) is 30.9 Å². The van der Waals surface area contributed by atoms with Gasteiger partial charge in [-0.2, -0.15) is 0 Å². The summed E-state index contributed by atoms with van der Waals surface area (Å²) in [6.45, 7) is 4.60. The van der Waals surface area contributed by atoms with E-state index in [4.69, 9.17) is 10.2 Å². The van der Waals surface area contributed by atoms with Crippen molar-refractivity contribution >= 4 is 11.8 Å². The minimum Gasteiger partial charge on any atom is -0.459 e. The molecule has 1 aromatic heterocycles. The van der Waals surface area contributed by atoms with Crippen LogP contribution in [0.25, 0.3) is 0 Å². The second-order valence-electron chi connectivity index (χ2n) is 4.44. The van der Waals surface area contributed by atoms with Gasteiger partial charge in [-0.25, -0.2) is 0 Å². The zero-order valence-electron chi connectivity index (χ0n) is 11.3. The number of carbonyl (C=O) groups excluding carboxylic acids is 2. The first-order valence-corrected chi connectivity index (χ1v) is 6.41. The monoisotopic (exact) mass is 267 g/mol. The molecule has 0 aliphatic heterocycles. The SMILES string of the molecule is CCC(C)C(N)C(=O)NCCNC(=O)c1ccco1. The van der Waals surface area contributed by atoms with Crippen molar-refractivity contribution in [2.45, 2.75) is 26.3 Å². The van der Waals surface area contributed by atoms with Gasteiger partial charge in [-0.05, 0) is 18.1 Å². The standard InChI is InChI=1S/C13H21N3O3/c1-3-9(2)11(14)13(18)16-7-6-15-12(17)10-5-4-8-19-10/h4-5,8-9,11H,3,6-7,14H2,1-2H3,(H,15,17)(H,16,18). The molecule has 2 amide bonds. The first kappa shape index (κ1) is 15.2. The van der Waals surface area contributed by atoms with E-state index in [0.29, 0.717) is 13.1 Å². The summed E-state index contributed by atoms with van der Waals surface area (Å²) in [5.74, 6) is -0.104. The van der Waals surface area contributed by atoms with E-state index in [1.54, 1.807) is 12.1 Å². The Morgan fingerprint density at radius 2 is 2.05 bits per heavy atom. The van der Waals surface area contributed by atoms with Crippen molar-refractivity contribution in [2.24, 2.45) is 11.7 Å². The molecule has 0 aliphatic carbocycles. The second kappa shape index (κ2) is 7.58. The molecule has 1 heterocycles. The van der Waals surface area contributed by atoms with Crippen LogP contribution in [-0.2, 0) is 4.79 Å². The predicted molar refractivity (Wildman–Crippen MR) is 71.5 cm³/mol. The van der Waals surface area contributed by atoms with Crippen LogP contribution in [0, 0.1) is 5.92 Å². The summed E-state index contributed by atoms with van der Waals surface area (Å²) in [4.78, 5) is 23.1. The summed E-state index contributed by atoms with van der Waals surface area (Å²) in [5, 5.41) is 5.32. The van der Waals surface area contributed by atoms with Gasteiger partial charge in [-0.15, -0.1) is 0 Å². The molecule has 1 rings (SSSR count). The Kier molecular flexibility index (Phi) is 6.08. The quantitative estimate of drug-likeness (QED) is 0.627. The molecule has 0 saturated heterocycles. The largest absolute Gasteiger partial charge is 0.459 e. The predicted octanol–water partition coefficient (Wildman–Crippen LogP) is 0.499. The number of furan rings is 1. The Hall–Kier alpha value is -1.82. The van der Waals surface area contributed by atoms with Crippen molar-refractivity contribution in [2.75, 3.05) is 13.1 Å². The van der Waals surface area contributed by atoms with Gasteiger partial charge in [0.25, 0.3) is 5.91 Å². The molecule has 6 nitrogen and oxygen atoms in total. The number of nitrogens with one attached hydrogen (secondary N) is 2. The van der Waals surface area contributed by atoms with Gasteiger partial charge in [0.2, 0.25) is 5.91 Å². The molecule has 6 heteroatoms. The third kappa shape index (κ3) is 4.75. The summed E-state index contributed by atoms with van der Waals surface area (Å²) in [6, 6.07) is 2.71. The summed E-state index contributed by atoms with van der Waals surface area (Å²) in [5.41, 5.74) is 5.78. The molecule has 0 bridgehead atoms. The van der Waals surface area contributed by atoms with E-state index < -0.39 is 6.04 Å². The lowest BCUT2D eigenvalue weighted by Gasteiger charge is -2.17. The average Bonchev–Trinajstić information content (AvgIpc) is 2.95. The Balaban J connectivity index is 2.20. The highest BCUT2D eigenvalue weighted by Gasteiger charge is 2.18. The second-order valence-corrected chi connectivity index (χ2v) is 4.44. The Morgan fingerprint density at radius 3 is 2.63 bits per heavy atom. The Morgan fingerprint density at radius 1 is 1.37 bits per heavy atom. The van der Waals surface area contributed by atoms with Crippen molar-refractivity contribution < 1.29 is 14.0 Å². The van der Waals surface area contributed by atoms with Crippen LogP contribution in [0.15, 0.2) is 22.8 Å². The third-order valence-electron chi connectivity index (χ3n) is 3.01. The molecule has 4 N–H and O–H groups in total. The summed E-state index contributed by atoms with van der Waals surface area (Å²) in [7, 11) is 0. The van der Waals surface area contributed by atoms with E-state index >= 15 is 0 Å². The van der Waals surface area contributed by atoms with E-state index in [2.05, 4.69) is 10.6 Å². The molecule has 19 heavy (non-hydrogen) atoms. The number of carbonyl (C=O) groups is 2. The smallest absolute Gasteiger partial charge is 0.287 e. The number of amides is 2. The van der Waals surface area contributed by atoms with Crippen molar-refractivity contribution in [3.05, 3.63) is 24.2 Å². The molecule has 0 aliphatic rings. The molecule has 1 aromatic rings. The Bertz CT molecular complexity index is 403. The lowest BCUT2D eigenvalue weighted by Crippen LogP contribution is -2.46. The van der Waals surface area contributed by atoms with Crippen LogP contribution < -0.4 is 16.4 Å². The van der Waals surface area contributed by atoms with Crippen LogP contribution in [0.2, 0.25) is 0 Å². The van der Waals surface area contributed by atoms with E-state index in [9.17, 15) is 9.59 Å². The number of nitrogens with two attached hydrogens (primary N) is 1. The van der Waals surface area contributed by atoms with Crippen LogP contribution in [0.5, 0.6) is 0 Å². The minimum absolute atomic E-state index is 0.137. The van der Waals surface area contributed by atoms with Gasteiger partial charge in [0.1, 0.15) is 0 Å². The summed E-state index contributed by atoms with van der Waals surface area (Å²) < 4.78 is 4.94. The number of hydrogen-bond donors (Lipinski definition) is 3. The van der Waals surface area contributed by atoms with E-state index in [1.165, 1.54) is 6.26 Å². The number of hydrogen-bond acceptors (Lipinski definition) is 4. The molecule has 106 valence electrons. The highest BCUT2D eigenvalue weighted by molar-refractivity contribution is 5.91. The molecule has 0 spiro atoms. The van der Waals surface area contributed by atoms with Gasteiger partial charge in [0.05, 0.1) is 12.3 Å². The zero-order chi connectivity index (χ0) is 14.3. The first-order chi connectivity index (χ1) is 9.06. The summed E-state index contributed by atoms with van der Waals surface area (Å²) >= 11 is 0. The van der Waals surface area contributed by atoms with Gasteiger partial charge in [0, 0.05) is 13.1 Å². The normalized spacial score (nSPS) is 13.6. The maximum absolute atomic E-state index is 11.6. The van der Waals surface area contributed by atoms with Gasteiger partial charge < -0.3 is 20.8 Å². The van der Waals surface area contributed by atoms with Gasteiger partial charge in [0.15, 0.2) is 5.76 Å². The fourth-order valence-electron chi connectivity index (χ4n) is 1.49. The molecule has 0 radical (unpaired) electrons. The van der Waals surface area contributed by atoms with E-state index in [-0.39, 0.29) is 23.5 Å². The van der Waals surface area contributed by atoms with Crippen molar-refractivity contribution in [3.63, 3.8) is 0 Å². The van der Waals surface area contributed by atoms with Crippen LogP contribution >= 0.6 is 0 Å². The minimum atomic E-state index is -0.509. The summed E-state index contributed by atoms with van der Waals surface area (Å²) in [6.07, 6.45) is 2.28. The fraction of sp³-hybridized carbons (Fsp3) is 0.538. The zero-order valence-corrected chi connectivity index (χ0v) is 11.3. The van der Waals surface area contributed by atoms with Gasteiger partial charge in [-0.3, -0.25) is 9.59 Å². The molecule has 0 aromatic carbocycles. The Labute approximate surface area is 112 Å². The average molecular weight is 267 g/mol. The lowest BCUT2D eigenvalue weighted by atomic mass is 9.99. The lowest BCUT2D eigenvalue weighted by molar-refractivity contribution is -0.123. The van der Waals surface area contributed by atoms with Crippen LogP contribution in [0.1, 0.15) is 30.8 Å². The highest BCUT2D eigenvalue weighted by atomic mass is 16.3. The fourth-order valence-corrected chi connectivity index (χ4v) is 1.49. The van der Waals surface area contributed by atoms with Crippen LogP contribution in [0.3, 0.4) is 0 Å². The van der Waals surface area contributed by atoms with Crippen LogP contribution in [0.4, 0.5) is 0 Å². The van der Waals surface area contributed by atoms with E-state index in [0.717, 1.165) is 6.42 Å². The van der Waals surface area contributed by atoms with Gasteiger partial charge >= 0.3 is 0 Å². The molecule has 0 saturated carbocycles. The highest BCUT2D eigenvalue weighted by Crippen LogP contribution is 2.04. The molecule has 0 fully saturated rings. The van der Waals surface area contributed by atoms with Gasteiger partial charge in [-0.1, -0.05) is 20.3 Å². The molecular weight excluding hydrogens is 246 g/mol. The topological polar surface area (TPSA) is 97.4 Å². The third-order valence-corrected chi connectivity index (χ3v) is 3.01. The van der Waals surface area contributed by atoms with Crippen molar-refractivity contribution in [1.82, 2.24) is 10.6 Å². The van der Waals surface area contributed by atoms with Crippen molar-refractivity contribution in [1.29, 1.82) is 0 Å². The van der Waals surface area contributed by atoms with Crippen molar-refractivity contribution in [3.8, 4) is 0 Å². The molecular formula is C13H21N3O3. The number of rotatable bonds is 7. The molecule has 2 unspecified atom stereocenters. The first-order valence-electron chi connectivity index (χ1n) is 6.41. The maximum atomic E-state index is 11.6.